The highest BCUT2D eigenvalue weighted by Crippen LogP contribution is 2.18. The Hall–Kier alpha value is -3.53. The van der Waals surface area contributed by atoms with Gasteiger partial charge in [-0.3, -0.25) is 4.98 Å². The largest absolute Gasteiger partial charge is 0.347 e. The monoisotopic (exact) mass is 303 g/mol. The highest BCUT2D eigenvalue weighted by Gasteiger charge is 2.04. The van der Waals surface area contributed by atoms with Gasteiger partial charge in [-0.05, 0) is 24.3 Å². The van der Waals surface area contributed by atoms with Gasteiger partial charge < -0.3 is 10.6 Å². The molecule has 0 atom stereocenters. The molecule has 3 aromatic rings. The summed E-state index contributed by atoms with van der Waals surface area (Å²) < 4.78 is 0. The molecule has 3 rings (SSSR count). The van der Waals surface area contributed by atoms with E-state index >= 15 is 0 Å². The minimum absolute atomic E-state index is 0.384. The molecule has 1 aromatic carbocycles. The van der Waals surface area contributed by atoms with Crippen molar-refractivity contribution in [3.8, 4) is 6.07 Å². The van der Waals surface area contributed by atoms with E-state index in [0.29, 0.717) is 29.6 Å². The molecule has 2 N–H and O–H groups in total. The number of benzene rings is 1. The van der Waals surface area contributed by atoms with Gasteiger partial charge in [0.15, 0.2) is 5.82 Å². The van der Waals surface area contributed by atoms with Gasteiger partial charge in [0.05, 0.1) is 29.7 Å². The molecule has 112 valence electrons. The van der Waals surface area contributed by atoms with E-state index in [2.05, 4.69) is 36.9 Å². The number of hydrogen-bond donors (Lipinski definition) is 2. The van der Waals surface area contributed by atoms with Crippen LogP contribution in [-0.4, -0.2) is 20.2 Å². The maximum Gasteiger partial charge on any atom is 0.245 e. The number of rotatable bonds is 5. The van der Waals surface area contributed by atoms with E-state index in [1.54, 1.807) is 12.3 Å². The minimum atomic E-state index is 0.384. The van der Waals surface area contributed by atoms with Gasteiger partial charge in [0.25, 0.3) is 0 Å². The molecule has 0 spiro atoms. The lowest BCUT2D eigenvalue weighted by Gasteiger charge is -2.08. The average molecular weight is 303 g/mol. The first kappa shape index (κ1) is 14.4. The second-order valence-corrected chi connectivity index (χ2v) is 4.62. The molecule has 0 aliphatic rings. The fraction of sp³-hybridized carbons (Fsp3) is 0.0625. The molecule has 0 fully saturated rings. The number of nitrogens with one attached hydrogen (secondary N) is 2. The van der Waals surface area contributed by atoms with Gasteiger partial charge in [-0.25, -0.2) is 0 Å². The maximum atomic E-state index is 9.10. The van der Waals surface area contributed by atoms with Crippen LogP contribution in [0.5, 0.6) is 0 Å². The van der Waals surface area contributed by atoms with Crippen molar-refractivity contribution in [3.63, 3.8) is 0 Å². The molecular formula is C16H13N7. The number of para-hydroxylation sites is 1. The minimum Gasteiger partial charge on any atom is -0.347 e. The van der Waals surface area contributed by atoms with E-state index in [1.165, 1.54) is 6.20 Å². The summed E-state index contributed by atoms with van der Waals surface area (Å²) in [6.07, 6.45) is 3.23. The van der Waals surface area contributed by atoms with Gasteiger partial charge in [0, 0.05) is 6.20 Å². The van der Waals surface area contributed by atoms with Gasteiger partial charge in [-0.2, -0.15) is 15.3 Å². The Bertz CT molecular complexity index is 827. The summed E-state index contributed by atoms with van der Waals surface area (Å²) >= 11 is 0. The first-order chi connectivity index (χ1) is 11.3. The third kappa shape index (κ3) is 3.77. The highest BCUT2D eigenvalue weighted by atomic mass is 15.3. The summed E-state index contributed by atoms with van der Waals surface area (Å²) in [6.45, 7) is 0.501. The van der Waals surface area contributed by atoms with Crippen molar-refractivity contribution in [1.29, 1.82) is 5.26 Å². The molecule has 0 radical (unpaired) electrons. The molecule has 0 aliphatic carbocycles. The molecule has 0 unspecified atom stereocenters. The van der Waals surface area contributed by atoms with Crippen LogP contribution in [0.25, 0.3) is 0 Å². The first-order valence-corrected chi connectivity index (χ1v) is 6.95. The van der Waals surface area contributed by atoms with Crippen molar-refractivity contribution in [2.45, 2.75) is 6.54 Å². The zero-order chi connectivity index (χ0) is 15.9. The Kier molecular flexibility index (Phi) is 4.36. The van der Waals surface area contributed by atoms with Crippen LogP contribution in [0, 0.1) is 11.3 Å². The van der Waals surface area contributed by atoms with Crippen LogP contribution in [-0.2, 0) is 6.54 Å². The van der Waals surface area contributed by atoms with Crippen molar-refractivity contribution in [1.82, 2.24) is 20.2 Å². The van der Waals surface area contributed by atoms with E-state index in [0.717, 1.165) is 5.69 Å². The smallest absolute Gasteiger partial charge is 0.245 e. The van der Waals surface area contributed by atoms with Crippen LogP contribution in [0.4, 0.5) is 17.5 Å². The summed E-state index contributed by atoms with van der Waals surface area (Å²) in [4.78, 5) is 8.54. The van der Waals surface area contributed by atoms with E-state index in [-0.39, 0.29) is 0 Å². The topological polar surface area (TPSA) is 99.4 Å². The Morgan fingerprint density at radius 2 is 1.96 bits per heavy atom. The number of nitriles is 1. The number of pyridine rings is 1. The van der Waals surface area contributed by atoms with E-state index in [1.807, 2.05) is 36.4 Å². The molecule has 7 nitrogen and oxygen atoms in total. The second kappa shape index (κ2) is 6.95. The van der Waals surface area contributed by atoms with Crippen LogP contribution >= 0.6 is 0 Å². The van der Waals surface area contributed by atoms with E-state index in [9.17, 15) is 0 Å². The standard InChI is InChI=1S/C16H13N7/c17-9-12-5-1-2-7-14(12)21-15-11-20-23-16(22-15)19-10-13-6-3-4-8-18-13/h1-8,11H,10H2,(H2,19,21,22,23). The summed E-state index contributed by atoms with van der Waals surface area (Å²) in [5.74, 6) is 0.890. The predicted octanol–water partition coefficient (Wildman–Crippen LogP) is 2.49. The van der Waals surface area contributed by atoms with E-state index in [4.69, 9.17) is 5.26 Å². The number of anilines is 3. The predicted molar refractivity (Wildman–Crippen MR) is 85.8 cm³/mol. The summed E-state index contributed by atoms with van der Waals surface area (Å²) in [5, 5.41) is 23.1. The van der Waals surface area contributed by atoms with Crippen LogP contribution in [0.2, 0.25) is 0 Å². The van der Waals surface area contributed by atoms with Crippen molar-refractivity contribution in [2.24, 2.45) is 0 Å². The molecule has 2 heterocycles. The number of nitrogens with zero attached hydrogens (tertiary/aromatic N) is 5. The quantitative estimate of drug-likeness (QED) is 0.747. The average Bonchev–Trinajstić information content (AvgIpc) is 2.62. The van der Waals surface area contributed by atoms with Gasteiger partial charge in [-0.15, -0.1) is 5.10 Å². The zero-order valence-corrected chi connectivity index (χ0v) is 12.1. The van der Waals surface area contributed by atoms with Crippen LogP contribution in [0.15, 0.2) is 54.9 Å². The first-order valence-electron chi connectivity index (χ1n) is 6.95. The Morgan fingerprint density at radius 3 is 2.78 bits per heavy atom. The van der Waals surface area contributed by atoms with Gasteiger partial charge in [0.1, 0.15) is 6.07 Å². The zero-order valence-electron chi connectivity index (χ0n) is 12.1. The molecule has 0 aliphatic heterocycles. The lowest BCUT2D eigenvalue weighted by atomic mass is 10.2. The summed E-state index contributed by atoms with van der Waals surface area (Å²) in [7, 11) is 0. The highest BCUT2D eigenvalue weighted by molar-refractivity contribution is 5.64. The number of aromatic nitrogens is 4. The third-order valence-electron chi connectivity index (χ3n) is 3.02. The fourth-order valence-electron chi connectivity index (χ4n) is 1.94. The Balaban J connectivity index is 1.71. The second-order valence-electron chi connectivity index (χ2n) is 4.62. The Morgan fingerprint density at radius 1 is 1.09 bits per heavy atom. The molecule has 23 heavy (non-hydrogen) atoms. The van der Waals surface area contributed by atoms with Crippen molar-refractivity contribution in [3.05, 3.63) is 66.1 Å². The van der Waals surface area contributed by atoms with Crippen LogP contribution in [0.3, 0.4) is 0 Å². The van der Waals surface area contributed by atoms with Crippen molar-refractivity contribution < 1.29 is 0 Å². The van der Waals surface area contributed by atoms with Crippen LogP contribution < -0.4 is 10.6 Å². The SMILES string of the molecule is N#Cc1ccccc1Nc1cnnc(NCc2ccccn2)n1. The molecule has 2 aromatic heterocycles. The lowest BCUT2D eigenvalue weighted by molar-refractivity contribution is 0.934. The summed E-state index contributed by atoms with van der Waals surface area (Å²) in [6, 6.07) is 15.0. The van der Waals surface area contributed by atoms with E-state index < -0.39 is 0 Å². The van der Waals surface area contributed by atoms with Crippen molar-refractivity contribution in [2.75, 3.05) is 10.6 Å². The molecule has 0 saturated heterocycles. The molecule has 7 heteroatoms. The maximum absolute atomic E-state index is 9.10. The van der Waals surface area contributed by atoms with Gasteiger partial charge in [0.2, 0.25) is 5.95 Å². The van der Waals surface area contributed by atoms with Gasteiger partial charge >= 0.3 is 0 Å². The van der Waals surface area contributed by atoms with Gasteiger partial charge in [-0.1, -0.05) is 18.2 Å². The van der Waals surface area contributed by atoms with Crippen molar-refractivity contribution >= 4 is 17.5 Å². The molecular weight excluding hydrogens is 290 g/mol. The fourth-order valence-corrected chi connectivity index (χ4v) is 1.94. The molecule has 0 bridgehead atoms. The number of hydrogen-bond acceptors (Lipinski definition) is 7. The molecule has 0 saturated carbocycles. The third-order valence-corrected chi connectivity index (χ3v) is 3.02. The molecule has 0 amide bonds. The Labute approximate surface area is 133 Å². The lowest BCUT2D eigenvalue weighted by Crippen LogP contribution is -2.07. The summed E-state index contributed by atoms with van der Waals surface area (Å²) in [5.41, 5.74) is 2.09. The normalized spacial score (nSPS) is 9.87. The van der Waals surface area contributed by atoms with Crippen LogP contribution in [0.1, 0.15) is 11.3 Å².